The zero-order valence-corrected chi connectivity index (χ0v) is 20.4. The molecular formula is C22H35IN6. The lowest BCUT2D eigenvalue weighted by Gasteiger charge is -2.32. The summed E-state index contributed by atoms with van der Waals surface area (Å²) in [7, 11) is 1.99. The van der Waals surface area contributed by atoms with E-state index in [9.17, 15) is 0 Å². The van der Waals surface area contributed by atoms with E-state index in [1.54, 1.807) is 0 Å². The molecule has 1 aromatic carbocycles. The molecule has 2 aromatic rings. The number of aliphatic imine (C=N–C) groups is 1. The first-order valence-corrected chi connectivity index (χ1v) is 10.4. The first kappa shape index (κ1) is 23.6. The molecule has 6 nitrogen and oxygen atoms in total. The maximum Gasteiger partial charge on any atom is 0.191 e. The third kappa shape index (κ3) is 6.69. The fourth-order valence-electron chi connectivity index (χ4n) is 3.86. The van der Waals surface area contributed by atoms with E-state index in [1.165, 1.54) is 31.2 Å². The van der Waals surface area contributed by atoms with E-state index in [2.05, 4.69) is 58.9 Å². The third-order valence-electron chi connectivity index (χ3n) is 6.03. The second-order valence-corrected chi connectivity index (χ2v) is 8.55. The van der Waals surface area contributed by atoms with E-state index in [1.807, 2.05) is 24.6 Å². The lowest BCUT2D eigenvalue weighted by atomic mass is 9.78. The quantitative estimate of drug-likeness (QED) is 0.333. The summed E-state index contributed by atoms with van der Waals surface area (Å²) in [6.07, 6.45) is 5.42. The summed E-state index contributed by atoms with van der Waals surface area (Å²) in [6.45, 7) is 8.87. The van der Waals surface area contributed by atoms with Crippen LogP contribution in [0.15, 0.2) is 35.3 Å². The van der Waals surface area contributed by atoms with Gasteiger partial charge in [-0.15, -0.1) is 34.2 Å². The predicted octanol–water partition coefficient (Wildman–Crippen LogP) is 4.19. The number of rotatable bonds is 7. The van der Waals surface area contributed by atoms with Crippen LogP contribution in [0.4, 0.5) is 0 Å². The van der Waals surface area contributed by atoms with Gasteiger partial charge in [-0.2, -0.15) is 0 Å². The van der Waals surface area contributed by atoms with Crippen molar-refractivity contribution in [2.24, 2.45) is 23.4 Å². The molecule has 1 aliphatic carbocycles. The lowest BCUT2D eigenvalue weighted by Crippen LogP contribution is -2.44. The van der Waals surface area contributed by atoms with E-state index in [0.717, 1.165) is 30.1 Å². The van der Waals surface area contributed by atoms with Gasteiger partial charge >= 0.3 is 0 Å². The number of benzene rings is 1. The van der Waals surface area contributed by atoms with E-state index in [-0.39, 0.29) is 29.4 Å². The highest BCUT2D eigenvalue weighted by Crippen LogP contribution is 2.38. The summed E-state index contributed by atoms with van der Waals surface area (Å²) in [5.74, 6) is 3.43. The minimum absolute atomic E-state index is 0. The van der Waals surface area contributed by atoms with Crippen molar-refractivity contribution < 1.29 is 0 Å². The van der Waals surface area contributed by atoms with Crippen LogP contribution in [0.1, 0.15) is 56.7 Å². The van der Waals surface area contributed by atoms with Crippen molar-refractivity contribution in [3.05, 3.63) is 47.5 Å². The Morgan fingerprint density at radius 3 is 2.45 bits per heavy atom. The second kappa shape index (κ2) is 10.9. The minimum atomic E-state index is 0. The molecular weight excluding hydrogens is 475 g/mol. The summed E-state index contributed by atoms with van der Waals surface area (Å²) < 4.78 is 2.00. The van der Waals surface area contributed by atoms with Gasteiger partial charge in [0.15, 0.2) is 11.8 Å². The Kier molecular flexibility index (Phi) is 8.92. The largest absolute Gasteiger partial charge is 0.356 e. The van der Waals surface area contributed by atoms with Crippen LogP contribution in [0.5, 0.6) is 0 Å². The number of aromatic nitrogens is 3. The van der Waals surface area contributed by atoms with Gasteiger partial charge in [0.25, 0.3) is 0 Å². The molecule has 0 saturated heterocycles. The van der Waals surface area contributed by atoms with Crippen molar-refractivity contribution in [1.29, 1.82) is 0 Å². The van der Waals surface area contributed by atoms with Crippen molar-refractivity contribution in [1.82, 2.24) is 25.4 Å². The third-order valence-corrected chi connectivity index (χ3v) is 6.03. The van der Waals surface area contributed by atoms with Crippen LogP contribution >= 0.6 is 24.0 Å². The predicted molar refractivity (Wildman–Crippen MR) is 129 cm³/mol. The summed E-state index contributed by atoms with van der Waals surface area (Å²) in [5.41, 5.74) is 1.46. The Morgan fingerprint density at radius 1 is 1.14 bits per heavy atom. The molecule has 1 fully saturated rings. The molecule has 1 aromatic heterocycles. The number of aryl methyl sites for hydroxylation is 1. The molecule has 3 rings (SSSR count). The first-order valence-electron chi connectivity index (χ1n) is 10.4. The van der Waals surface area contributed by atoms with Gasteiger partial charge in [-0.3, -0.25) is 0 Å². The van der Waals surface area contributed by atoms with Crippen molar-refractivity contribution in [2.75, 3.05) is 6.54 Å². The Bertz CT molecular complexity index is 778. The highest BCUT2D eigenvalue weighted by molar-refractivity contribution is 14.0. The average Bonchev–Trinajstić information content (AvgIpc) is 3.34. The van der Waals surface area contributed by atoms with Gasteiger partial charge < -0.3 is 15.2 Å². The van der Waals surface area contributed by atoms with Gasteiger partial charge in [-0.1, -0.05) is 57.0 Å². The fraction of sp³-hybridized carbons (Fsp3) is 0.591. The standard InChI is InChI=1S/C22H34N6.HI/c1-17-26-27-20(28(17)4)15-24-21(23-14-18-10-6-5-7-11-18)25-16-22(2,3)19-12-8-9-13-19;/h5-7,10-11,19H,8-9,12-16H2,1-4H3,(H2,23,24,25);1H. The first-order chi connectivity index (χ1) is 13.5. The second-order valence-electron chi connectivity index (χ2n) is 8.55. The number of halogens is 1. The van der Waals surface area contributed by atoms with Crippen LogP contribution in [0.2, 0.25) is 0 Å². The van der Waals surface area contributed by atoms with Gasteiger partial charge in [0.2, 0.25) is 0 Å². The topological polar surface area (TPSA) is 67.1 Å². The molecule has 0 bridgehead atoms. The van der Waals surface area contributed by atoms with Crippen molar-refractivity contribution in [2.45, 2.75) is 59.5 Å². The average molecular weight is 510 g/mol. The van der Waals surface area contributed by atoms with Crippen LogP contribution in [-0.4, -0.2) is 27.3 Å². The van der Waals surface area contributed by atoms with E-state index in [0.29, 0.717) is 13.1 Å². The van der Waals surface area contributed by atoms with Crippen LogP contribution in [-0.2, 0) is 20.1 Å². The van der Waals surface area contributed by atoms with E-state index in [4.69, 9.17) is 4.99 Å². The lowest BCUT2D eigenvalue weighted by molar-refractivity contribution is 0.218. The minimum Gasteiger partial charge on any atom is -0.356 e. The van der Waals surface area contributed by atoms with Crippen LogP contribution in [0.25, 0.3) is 0 Å². The number of hydrogen-bond acceptors (Lipinski definition) is 3. The Labute approximate surface area is 192 Å². The molecule has 160 valence electrons. The molecule has 1 aliphatic rings. The molecule has 1 heterocycles. The molecule has 0 unspecified atom stereocenters. The van der Waals surface area contributed by atoms with E-state index >= 15 is 0 Å². The monoisotopic (exact) mass is 510 g/mol. The van der Waals surface area contributed by atoms with E-state index < -0.39 is 0 Å². The highest BCUT2D eigenvalue weighted by atomic mass is 127. The molecule has 0 amide bonds. The van der Waals surface area contributed by atoms with Crippen molar-refractivity contribution in [3.8, 4) is 0 Å². The summed E-state index contributed by atoms with van der Waals surface area (Å²) in [5, 5.41) is 15.4. The summed E-state index contributed by atoms with van der Waals surface area (Å²) >= 11 is 0. The highest BCUT2D eigenvalue weighted by Gasteiger charge is 2.31. The maximum atomic E-state index is 4.81. The Hall–Kier alpha value is -1.64. The van der Waals surface area contributed by atoms with Crippen molar-refractivity contribution in [3.63, 3.8) is 0 Å². The van der Waals surface area contributed by atoms with Gasteiger partial charge in [0.1, 0.15) is 5.82 Å². The molecule has 1 saturated carbocycles. The fourth-order valence-corrected chi connectivity index (χ4v) is 3.86. The van der Waals surface area contributed by atoms with Crippen LogP contribution in [0, 0.1) is 18.3 Å². The van der Waals surface area contributed by atoms with Crippen LogP contribution < -0.4 is 10.6 Å². The van der Waals surface area contributed by atoms with Gasteiger partial charge in [0, 0.05) is 13.6 Å². The van der Waals surface area contributed by atoms with Crippen molar-refractivity contribution >= 4 is 29.9 Å². The maximum absolute atomic E-state index is 4.81. The van der Waals surface area contributed by atoms with Gasteiger partial charge in [-0.25, -0.2) is 4.99 Å². The van der Waals surface area contributed by atoms with Gasteiger partial charge in [0.05, 0.1) is 13.1 Å². The number of hydrogen-bond donors (Lipinski definition) is 2. The molecule has 7 heteroatoms. The smallest absolute Gasteiger partial charge is 0.191 e. The molecule has 0 spiro atoms. The van der Waals surface area contributed by atoms with Gasteiger partial charge in [-0.05, 0) is 36.7 Å². The zero-order valence-electron chi connectivity index (χ0n) is 18.1. The normalized spacial score (nSPS) is 15.2. The Morgan fingerprint density at radius 2 is 1.83 bits per heavy atom. The number of guanidine groups is 1. The molecule has 0 radical (unpaired) electrons. The summed E-state index contributed by atoms with van der Waals surface area (Å²) in [4.78, 5) is 4.81. The molecule has 0 atom stereocenters. The Balaban J connectivity index is 0.00000300. The number of nitrogens with one attached hydrogen (secondary N) is 2. The molecule has 29 heavy (non-hydrogen) atoms. The molecule has 0 aliphatic heterocycles. The number of nitrogens with zero attached hydrogens (tertiary/aromatic N) is 4. The SMILES string of the molecule is Cc1nnc(CNC(=NCc2ccccc2)NCC(C)(C)C2CCCC2)n1C.I. The zero-order chi connectivity index (χ0) is 20.0. The van der Waals surface area contributed by atoms with Crippen LogP contribution in [0.3, 0.4) is 0 Å². The summed E-state index contributed by atoms with van der Waals surface area (Å²) in [6, 6.07) is 10.4. The molecule has 2 N–H and O–H groups in total.